The summed E-state index contributed by atoms with van der Waals surface area (Å²) in [4.78, 5) is 16.1. The molecule has 0 bridgehead atoms. The van der Waals surface area contributed by atoms with Crippen LogP contribution in [0.2, 0.25) is 0 Å². The first-order valence-corrected chi connectivity index (χ1v) is 7.48. The third-order valence-corrected chi connectivity index (χ3v) is 5.19. The number of hydrogen-bond acceptors (Lipinski definition) is 3. The quantitative estimate of drug-likeness (QED) is 0.851. The van der Waals surface area contributed by atoms with Crippen molar-refractivity contribution in [2.45, 2.75) is 51.5 Å². The molecule has 0 aromatic rings. The Morgan fingerprint density at radius 3 is 2.05 bits per heavy atom. The van der Waals surface area contributed by atoms with E-state index >= 15 is 0 Å². The van der Waals surface area contributed by atoms with Gasteiger partial charge in [-0.1, -0.05) is 13.8 Å². The van der Waals surface area contributed by atoms with Gasteiger partial charge in [0.25, 0.3) is 0 Å². The Balaban J connectivity index is 2.09. The zero-order chi connectivity index (χ0) is 14.1. The number of carboxylic acid groups (broad SMARTS) is 1. The first-order chi connectivity index (χ1) is 8.83. The van der Waals surface area contributed by atoms with Crippen molar-refractivity contribution in [1.29, 1.82) is 0 Å². The van der Waals surface area contributed by atoms with Gasteiger partial charge < -0.3 is 10.0 Å². The molecule has 2 fully saturated rings. The molecule has 4 heteroatoms. The highest BCUT2D eigenvalue weighted by Gasteiger charge is 2.44. The van der Waals surface area contributed by atoms with E-state index in [0.29, 0.717) is 11.8 Å². The Morgan fingerprint density at radius 2 is 1.58 bits per heavy atom. The summed E-state index contributed by atoms with van der Waals surface area (Å²) in [5.74, 6) is -0.640. The molecule has 1 saturated heterocycles. The van der Waals surface area contributed by atoms with Crippen LogP contribution in [0.1, 0.15) is 46.0 Å². The van der Waals surface area contributed by atoms with Crippen LogP contribution in [0.3, 0.4) is 0 Å². The van der Waals surface area contributed by atoms with Gasteiger partial charge >= 0.3 is 5.97 Å². The van der Waals surface area contributed by atoms with E-state index in [0.717, 1.165) is 51.9 Å². The first kappa shape index (κ1) is 14.8. The molecule has 2 aliphatic rings. The van der Waals surface area contributed by atoms with Crippen LogP contribution in [0, 0.1) is 5.41 Å². The molecule has 0 unspecified atom stereocenters. The third kappa shape index (κ3) is 3.48. The standard InChI is InChI=1S/C15H28N2O2/c1-14(2)4-6-15(7-5-14,12-13(18)19)17-10-8-16(3)9-11-17/h4-12H2,1-3H3,(H,18,19). The SMILES string of the molecule is CN1CCN(C2(CC(=O)O)CCC(C)(C)CC2)CC1. The van der Waals surface area contributed by atoms with E-state index in [2.05, 4.69) is 30.7 Å². The fourth-order valence-electron chi connectivity index (χ4n) is 3.56. The highest BCUT2D eigenvalue weighted by molar-refractivity contribution is 5.68. The summed E-state index contributed by atoms with van der Waals surface area (Å²) in [7, 11) is 2.14. The molecule has 19 heavy (non-hydrogen) atoms. The molecule has 0 amide bonds. The topological polar surface area (TPSA) is 43.8 Å². The minimum atomic E-state index is -0.640. The summed E-state index contributed by atoms with van der Waals surface area (Å²) < 4.78 is 0. The summed E-state index contributed by atoms with van der Waals surface area (Å²) in [6, 6.07) is 0. The zero-order valence-corrected chi connectivity index (χ0v) is 12.6. The van der Waals surface area contributed by atoms with Crippen molar-refractivity contribution in [2.75, 3.05) is 33.2 Å². The molecular formula is C15H28N2O2. The zero-order valence-electron chi connectivity index (χ0n) is 12.6. The van der Waals surface area contributed by atoms with Crippen LogP contribution >= 0.6 is 0 Å². The number of carbonyl (C=O) groups is 1. The number of piperazine rings is 1. The van der Waals surface area contributed by atoms with Crippen LogP contribution < -0.4 is 0 Å². The van der Waals surface area contributed by atoms with Crippen molar-refractivity contribution >= 4 is 5.97 Å². The number of carboxylic acids is 1. The smallest absolute Gasteiger partial charge is 0.305 e. The van der Waals surface area contributed by atoms with Crippen LogP contribution in [-0.2, 0) is 4.79 Å². The Hall–Kier alpha value is -0.610. The van der Waals surface area contributed by atoms with Crippen LogP contribution in [-0.4, -0.2) is 59.6 Å². The molecule has 1 aliphatic carbocycles. The van der Waals surface area contributed by atoms with E-state index in [9.17, 15) is 9.90 Å². The van der Waals surface area contributed by atoms with E-state index < -0.39 is 5.97 Å². The Bertz CT molecular complexity index is 323. The lowest BCUT2D eigenvalue weighted by atomic mass is 9.67. The van der Waals surface area contributed by atoms with E-state index in [1.165, 1.54) is 0 Å². The summed E-state index contributed by atoms with van der Waals surface area (Å²) >= 11 is 0. The lowest BCUT2D eigenvalue weighted by Gasteiger charge is -2.51. The van der Waals surface area contributed by atoms with Gasteiger partial charge in [0.05, 0.1) is 6.42 Å². The highest BCUT2D eigenvalue weighted by Crippen LogP contribution is 2.44. The number of hydrogen-bond donors (Lipinski definition) is 1. The maximum atomic E-state index is 11.3. The number of aliphatic carboxylic acids is 1. The van der Waals surface area contributed by atoms with E-state index in [1.807, 2.05) is 0 Å². The molecule has 1 heterocycles. The predicted octanol–water partition coefficient (Wildman–Crippen LogP) is 2.05. The molecule has 2 rings (SSSR count). The van der Waals surface area contributed by atoms with Crippen molar-refractivity contribution in [3.05, 3.63) is 0 Å². The van der Waals surface area contributed by atoms with Gasteiger partial charge in [0.15, 0.2) is 0 Å². The van der Waals surface area contributed by atoms with Crippen LogP contribution in [0.25, 0.3) is 0 Å². The summed E-state index contributed by atoms with van der Waals surface area (Å²) in [6.07, 6.45) is 4.68. The minimum Gasteiger partial charge on any atom is -0.481 e. The van der Waals surface area contributed by atoms with Gasteiger partial charge in [0.2, 0.25) is 0 Å². The van der Waals surface area contributed by atoms with Crippen molar-refractivity contribution in [1.82, 2.24) is 9.80 Å². The monoisotopic (exact) mass is 268 g/mol. The average Bonchev–Trinajstić information content (AvgIpc) is 2.33. The third-order valence-electron chi connectivity index (χ3n) is 5.19. The number of rotatable bonds is 3. The molecule has 4 nitrogen and oxygen atoms in total. The Morgan fingerprint density at radius 1 is 1.05 bits per heavy atom. The van der Waals surface area contributed by atoms with Crippen LogP contribution in [0.4, 0.5) is 0 Å². The molecule has 0 radical (unpaired) electrons. The van der Waals surface area contributed by atoms with Gasteiger partial charge in [-0.3, -0.25) is 9.69 Å². The lowest BCUT2D eigenvalue weighted by Crippen LogP contribution is -2.59. The van der Waals surface area contributed by atoms with Gasteiger partial charge in [0.1, 0.15) is 0 Å². The van der Waals surface area contributed by atoms with Gasteiger partial charge in [-0.05, 0) is 38.1 Å². The van der Waals surface area contributed by atoms with Crippen LogP contribution in [0.5, 0.6) is 0 Å². The van der Waals surface area contributed by atoms with Crippen molar-refractivity contribution < 1.29 is 9.90 Å². The summed E-state index contributed by atoms with van der Waals surface area (Å²) in [5, 5.41) is 9.31. The highest BCUT2D eigenvalue weighted by atomic mass is 16.4. The predicted molar refractivity (Wildman–Crippen MR) is 76.3 cm³/mol. The van der Waals surface area contributed by atoms with Gasteiger partial charge in [-0.25, -0.2) is 0 Å². The summed E-state index contributed by atoms with van der Waals surface area (Å²) in [6.45, 7) is 8.77. The van der Waals surface area contributed by atoms with E-state index in [1.54, 1.807) is 0 Å². The van der Waals surface area contributed by atoms with E-state index in [4.69, 9.17) is 0 Å². The second kappa shape index (κ2) is 5.41. The van der Waals surface area contributed by atoms with Gasteiger partial charge in [-0.2, -0.15) is 0 Å². The molecule has 0 atom stereocenters. The second-order valence-electron chi connectivity index (χ2n) is 7.25. The van der Waals surface area contributed by atoms with Crippen molar-refractivity contribution in [3.8, 4) is 0 Å². The Kier molecular flexibility index (Phi) is 4.21. The van der Waals surface area contributed by atoms with Crippen LogP contribution in [0.15, 0.2) is 0 Å². The first-order valence-electron chi connectivity index (χ1n) is 7.48. The van der Waals surface area contributed by atoms with E-state index in [-0.39, 0.29) is 5.54 Å². The largest absolute Gasteiger partial charge is 0.481 e. The van der Waals surface area contributed by atoms with Crippen molar-refractivity contribution in [3.63, 3.8) is 0 Å². The normalized spacial score (nSPS) is 28.2. The Labute approximate surface area is 116 Å². The lowest BCUT2D eigenvalue weighted by molar-refractivity contribution is -0.142. The van der Waals surface area contributed by atoms with Crippen molar-refractivity contribution in [2.24, 2.45) is 5.41 Å². The fraction of sp³-hybridized carbons (Fsp3) is 0.933. The molecule has 110 valence electrons. The number of nitrogens with zero attached hydrogens (tertiary/aromatic N) is 2. The average molecular weight is 268 g/mol. The molecule has 0 spiro atoms. The molecule has 0 aromatic heterocycles. The fourth-order valence-corrected chi connectivity index (χ4v) is 3.56. The maximum Gasteiger partial charge on any atom is 0.305 e. The van der Waals surface area contributed by atoms with Gasteiger partial charge in [-0.15, -0.1) is 0 Å². The molecule has 1 aliphatic heterocycles. The van der Waals surface area contributed by atoms with Gasteiger partial charge in [0, 0.05) is 31.7 Å². The maximum absolute atomic E-state index is 11.3. The molecule has 0 aromatic carbocycles. The summed E-state index contributed by atoms with van der Waals surface area (Å²) in [5.41, 5.74) is 0.303. The number of likely N-dealkylation sites (N-methyl/N-ethyl adjacent to an activating group) is 1. The molecule has 1 N–H and O–H groups in total. The second-order valence-corrected chi connectivity index (χ2v) is 7.25. The molecular weight excluding hydrogens is 240 g/mol. The minimum absolute atomic E-state index is 0.0807. The molecule has 1 saturated carbocycles.